The lowest BCUT2D eigenvalue weighted by atomic mass is 10.2. The van der Waals surface area contributed by atoms with E-state index >= 15 is 0 Å². The monoisotopic (exact) mass is 320 g/mol. The molecule has 0 amide bonds. The zero-order valence-electron chi connectivity index (χ0n) is 13.1. The molecule has 0 bridgehead atoms. The van der Waals surface area contributed by atoms with E-state index in [1.165, 1.54) is 0 Å². The molecule has 0 aliphatic heterocycles. The van der Waals surface area contributed by atoms with Crippen molar-refractivity contribution in [3.05, 3.63) is 53.6 Å². The van der Waals surface area contributed by atoms with Crippen LogP contribution in [0.3, 0.4) is 0 Å². The summed E-state index contributed by atoms with van der Waals surface area (Å²) >= 11 is 0. The number of nitrogens with zero attached hydrogens (tertiary/aromatic N) is 2. The molecule has 24 heavy (non-hydrogen) atoms. The Kier molecular flexibility index (Phi) is 3.19. The molecular weight excluding hydrogens is 304 g/mol. The number of aromatic nitrogens is 4. The van der Waals surface area contributed by atoms with Crippen LogP contribution >= 0.6 is 0 Å². The summed E-state index contributed by atoms with van der Waals surface area (Å²) in [6, 6.07) is 11.2. The second-order valence-electron chi connectivity index (χ2n) is 5.57. The van der Waals surface area contributed by atoms with E-state index in [9.17, 15) is 0 Å². The minimum absolute atomic E-state index is 0.0349. The molecule has 0 spiro atoms. The van der Waals surface area contributed by atoms with Gasteiger partial charge in [-0.25, -0.2) is 9.97 Å². The molecule has 0 unspecified atom stereocenters. The summed E-state index contributed by atoms with van der Waals surface area (Å²) in [6.07, 6.45) is 0.557. The van der Waals surface area contributed by atoms with Gasteiger partial charge in [0.1, 0.15) is 23.2 Å². The van der Waals surface area contributed by atoms with Gasteiger partial charge in [0, 0.05) is 11.6 Å². The highest BCUT2D eigenvalue weighted by atomic mass is 16.5. The Morgan fingerprint density at radius 2 is 1.67 bits per heavy atom. The minimum atomic E-state index is 0.0349. The molecule has 2 aromatic heterocycles. The zero-order chi connectivity index (χ0) is 16.7. The number of nitrogens with two attached hydrogens (primary N) is 1. The van der Waals surface area contributed by atoms with E-state index in [1.54, 1.807) is 19.2 Å². The lowest BCUT2D eigenvalue weighted by Gasteiger charge is -1.96. The van der Waals surface area contributed by atoms with Crippen molar-refractivity contribution in [1.29, 1.82) is 5.41 Å². The maximum atomic E-state index is 7.51. The molecule has 5 N–H and O–H groups in total. The van der Waals surface area contributed by atoms with Crippen molar-refractivity contribution in [2.24, 2.45) is 5.73 Å². The van der Waals surface area contributed by atoms with E-state index in [-0.39, 0.29) is 5.84 Å². The number of hydrogen-bond donors (Lipinski definition) is 4. The molecule has 0 aliphatic rings. The molecule has 4 aromatic rings. The first kappa shape index (κ1) is 14.3. The number of benzene rings is 2. The second-order valence-corrected chi connectivity index (χ2v) is 5.57. The molecule has 0 saturated carbocycles. The molecule has 0 saturated heterocycles. The van der Waals surface area contributed by atoms with Crippen molar-refractivity contribution in [3.8, 4) is 5.75 Å². The van der Waals surface area contributed by atoms with Crippen molar-refractivity contribution < 1.29 is 4.74 Å². The van der Waals surface area contributed by atoms with Crippen molar-refractivity contribution in [2.75, 3.05) is 7.11 Å². The number of aromatic amines is 2. The van der Waals surface area contributed by atoms with E-state index in [2.05, 4.69) is 19.9 Å². The van der Waals surface area contributed by atoms with Gasteiger partial charge in [-0.05, 0) is 30.3 Å². The summed E-state index contributed by atoms with van der Waals surface area (Å²) in [5, 5.41) is 7.51. The third-order valence-electron chi connectivity index (χ3n) is 3.92. The standard InChI is InChI=1S/C17H16N6O/c1-24-10-3-5-12-14(7-10)23-16(21-12)8-15-20-11-4-2-9(17(18)19)6-13(11)22-15/h2-7H,8H2,1H3,(H3,18,19)(H,20,22)(H,21,23). The van der Waals surface area contributed by atoms with Gasteiger partial charge in [-0.15, -0.1) is 0 Å². The number of methoxy groups -OCH3 is 1. The molecule has 7 heteroatoms. The number of nitrogens with one attached hydrogen (secondary N) is 3. The van der Waals surface area contributed by atoms with Crippen LogP contribution in [0.1, 0.15) is 17.2 Å². The van der Waals surface area contributed by atoms with Crippen LogP contribution in [-0.4, -0.2) is 32.9 Å². The topological polar surface area (TPSA) is 116 Å². The van der Waals surface area contributed by atoms with Gasteiger partial charge in [-0.1, -0.05) is 0 Å². The molecule has 7 nitrogen and oxygen atoms in total. The number of imidazole rings is 2. The first-order chi connectivity index (χ1) is 11.6. The van der Waals surface area contributed by atoms with Crippen LogP contribution in [-0.2, 0) is 6.42 Å². The summed E-state index contributed by atoms with van der Waals surface area (Å²) in [5.74, 6) is 2.44. The maximum Gasteiger partial charge on any atom is 0.122 e. The van der Waals surface area contributed by atoms with Crippen molar-refractivity contribution >= 4 is 27.9 Å². The molecular formula is C17H16N6O. The van der Waals surface area contributed by atoms with Crippen molar-refractivity contribution in [3.63, 3.8) is 0 Å². The average Bonchev–Trinajstić information content (AvgIpc) is 3.15. The molecule has 120 valence electrons. The number of ether oxygens (including phenoxy) is 1. The fourth-order valence-corrected chi connectivity index (χ4v) is 2.72. The predicted molar refractivity (Wildman–Crippen MR) is 92.6 cm³/mol. The Morgan fingerprint density at radius 1 is 1.04 bits per heavy atom. The van der Waals surface area contributed by atoms with Crippen LogP contribution in [0.15, 0.2) is 36.4 Å². The number of amidine groups is 1. The lowest BCUT2D eigenvalue weighted by molar-refractivity contribution is 0.415. The number of fused-ring (bicyclic) bond motifs is 2. The van der Waals surface area contributed by atoms with E-state index in [1.807, 2.05) is 24.3 Å². The van der Waals surface area contributed by atoms with Gasteiger partial charge in [0.05, 0.1) is 35.6 Å². The molecule has 2 heterocycles. The zero-order valence-corrected chi connectivity index (χ0v) is 13.1. The predicted octanol–water partition coefficient (Wildman–Crippen LogP) is 2.32. The number of nitrogen functional groups attached to an aromatic ring is 1. The van der Waals surface area contributed by atoms with Gasteiger partial charge in [-0.2, -0.15) is 0 Å². The highest BCUT2D eigenvalue weighted by Gasteiger charge is 2.09. The highest BCUT2D eigenvalue weighted by molar-refractivity contribution is 5.97. The van der Waals surface area contributed by atoms with Gasteiger partial charge in [0.25, 0.3) is 0 Å². The maximum absolute atomic E-state index is 7.51. The summed E-state index contributed by atoms with van der Waals surface area (Å²) in [5.41, 5.74) is 9.70. The summed E-state index contributed by atoms with van der Waals surface area (Å²) in [6.45, 7) is 0. The Hall–Kier alpha value is -3.35. The summed E-state index contributed by atoms with van der Waals surface area (Å²) in [7, 11) is 1.64. The number of rotatable bonds is 4. The Labute approximate surface area is 137 Å². The highest BCUT2D eigenvalue weighted by Crippen LogP contribution is 2.20. The summed E-state index contributed by atoms with van der Waals surface area (Å²) in [4.78, 5) is 15.7. The first-order valence-electron chi connectivity index (χ1n) is 7.48. The molecule has 0 radical (unpaired) electrons. The fourth-order valence-electron chi connectivity index (χ4n) is 2.72. The van der Waals surface area contributed by atoms with Crippen molar-refractivity contribution in [1.82, 2.24) is 19.9 Å². The lowest BCUT2D eigenvalue weighted by Crippen LogP contribution is -2.10. The van der Waals surface area contributed by atoms with Crippen LogP contribution in [0, 0.1) is 5.41 Å². The number of H-pyrrole nitrogens is 2. The molecule has 0 aliphatic carbocycles. The van der Waals surface area contributed by atoms with Crippen molar-refractivity contribution in [2.45, 2.75) is 6.42 Å². The summed E-state index contributed by atoms with van der Waals surface area (Å²) < 4.78 is 5.22. The van der Waals surface area contributed by atoms with Gasteiger partial charge in [0.2, 0.25) is 0 Å². The minimum Gasteiger partial charge on any atom is -0.497 e. The van der Waals surface area contributed by atoms with Gasteiger partial charge < -0.3 is 20.4 Å². The van der Waals surface area contributed by atoms with E-state index < -0.39 is 0 Å². The average molecular weight is 320 g/mol. The van der Waals surface area contributed by atoms with E-state index in [4.69, 9.17) is 15.9 Å². The largest absolute Gasteiger partial charge is 0.497 e. The normalized spacial score (nSPS) is 11.2. The third kappa shape index (κ3) is 2.45. The Bertz CT molecular complexity index is 1060. The number of hydrogen-bond acceptors (Lipinski definition) is 4. The quantitative estimate of drug-likeness (QED) is 0.341. The van der Waals surface area contributed by atoms with E-state index in [0.717, 1.165) is 39.5 Å². The smallest absolute Gasteiger partial charge is 0.122 e. The van der Waals surface area contributed by atoms with Gasteiger partial charge in [-0.3, -0.25) is 5.41 Å². The van der Waals surface area contributed by atoms with Gasteiger partial charge >= 0.3 is 0 Å². The molecule has 4 rings (SSSR count). The molecule has 0 fully saturated rings. The Morgan fingerprint density at radius 3 is 2.29 bits per heavy atom. The van der Waals surface area contributed by atoms with Crippen LogP contribution in [0.5, 0.6) is 5.75 Å². The second kappa shape index (κ2) is 5.38. The SMILES string of the molecule is COc1ccc2[nH]c(Cc3nc4cc(C(=N)N)ccc4[nH]3)nc2c1. The van der Waals surface area contributed by atoms with Crippen LogP contribution in [0.25, 0.3) is 22.1 Å². The Balaban J connectivity index is 1.67. The van der Waals surface area contributed by atoms with Gasteiger partial charge in [0.15, 0.2) is 0 Å². The fraction of sp³-hybridized carbons (Fsp3) is 0.118. The molecule has 2 aromatic carbocycles. The third-order valence-corrected chi connectivity index (χ3v) is 3.92. The van der Waals surface area contributed by atoms with Crippen LogP contribution in [0.4, 0.5) is 0 Å². The van der Waals surface area contributed by atoms with Crippen LogP contribution in [0.2, 0.25) is 0 Å². The molecule has 0 atom stereocenters. The van der Waals surface area contributed by atoms with Crippen LogP contribution < -0.4 is 10.5 Å². The first-order valence-corrected chi connectivity index (χ1v) is 7.48. The van der Waals surface area contributed by atoms with E-state index in [0.29, 0.717) is 12.0 Å².